The van der Waals surface area contributed by atoms with Crippen molar-refractivity contribution in [3.05, 3.63) is 57.7 Å². The molecular weight excluding hydrogens is 342 g/mol. The van der Waals surface area contributed by atoms with Crippen molar-refractivity contribution in [2.24, 2.45) is 0 Å². The highest BCUT2D eigenvalue weighted by Crippen LogP contribution is 2.18. The zero-order chi connectivity index (χ0) is 16.9. The molecule has 124 valence electrons. The maximum Gasteiger partial charge on any atom is 0.260 e. The van der Waals surface area contributed by atoms with Gasteiger partial charge in [-0.25, -0.2) is 4.98 Å². The summed E-state index contributed by atoms with van der Waals surface area (Å²) in [7, 11) is 0. The molecule has 0 spiro atoms. The van der Waals surface area contributed by atoms with Gasteiger partial charge in [-0.15, -0.1) is 11.3 Å². The van der Waals surface area contributed by atoms with Crippen molar-refractivity contribution in [3.63, 3.8) is 0 Å². The van der Waals surface area contributed by atoms with E-state index in [0.29, 0.717) is 21.9 Å². The first-order chi connectivity index (χ1) is 11.6. The third kappa shape index (κ3) is 4.04. The van der Waals surface area contributed by atoms with Gasteiger partial charge in [-0.1, -0.05) is 49.0 Å². The Morgan fingerprint density at radius 3 is 2.92 bits per heavy atom. The average molecular weight is 359 g/mol. The number of hydrogen-bond donors (Lipinski definition) is 2. The Balaban J connectivity index is 1.52. The number of carbonyl (C=O) groups is 1. The van der Waals surface area contributed by atoms with Gasteiger partial charge in [0.15, 0.2) is 5.16 Å². The van der Waals surface area contributed by atoms with E-state index in [-0.39, 0.29) is 23.1 Å². The van der Waals surface area contributed by atoms with Gasteiger partial charge in [-0.2, -0.15) is 0 Å². The van der Waals surface area contributed by atoms with Gasteiger partial charge in [0, 0.05) is 6.54 Å². The van der Waals surface area contributed by atoms with E-state index in [2.05, 4.69) is 34.3 Å². The minimum absolute atomic E-state index is 0.0725. The zero-order valence-electron chi connectivity index (χ0n) is 13.1. The molecule has 5 nitrogen and oxygen atoms in total. The van der Waals surface area contributed by atoms with Gasteiger partial charge in [0.2, 0.25) is 5.91 Å². The molecule has 0 unspecified atom stereocenters. The van der Waals surface area contributed by atoms with Crippen molar-refractivity contribution in [2.45, 2.75) is 18.0 Å². The van der Waals surface area contributed by atoms with Gasteiger partial charge in [-0.05, 0) is 22.9 Å². The lowest BCUT2D eigenvalue weighted by molar-refractivity contribution is -0.118. The second kappa shape index (κ2) is 7.63. The second-order valence-electron chi connectivity index (χ2n) is 5.41. The van der Waals surface area contributed by atoms with Crippen molar-refractivity contribution in [2.75, 3.05) is 12.3 Å². The van der Waals surface area contributed by atoms with Crippen LogP contribution in [0.1, 0.15) is 18.4 Å². The molecule has 3 aromatic rings. The molecule has 2 aromatic heterocycles. The molecule has 7 heteroatoms. The van der Waals surface area contributed by atoms with E-state index in [0.717, 1.165) is 0 Å². The number of aromatic amines is 1. The molecule has 0 bridgehead atoms. The van der Waals surface area contributed by atoms with E-state index in [9.17, 15) is 9.59 Å². The van der Waals surface area contributed by atoms with E-state index in [1.807, 2.05) is 23.6 Å². The van der Waals surface area contributed by atoms with Crippen molar-refractivity contribution >= 4 is 39.2 Å². The highest BCUT2D eigenvalue weighted by molar-refractivity contribution is 7.99. The molecule has 0 radical (unpaired) electrons. The Hall–Kier alpha value is -2.12. The molecule has 2 N–H and O–H groups in total. The van der Waals surface area contributed by atoms with E-state index >= 15 is 0 Å². The molecule has 1 aromatic carbocycles. The molecule has 0 aliphatic rings. The summed E-state index contributed by atoms with van der Waals surface area (Å²) >= 11 is 2.65. The summed E-state index contributed by atoms with van der Waals surface area (Å²) in [6.45, 7) is 2.66. The molecule has 0 aliphatic heterocycles. The number of nitrogens with zero attached hydrogens (tertiary/aromatic N) is 1. The summed E-state index contributed by atoms with van der Waals surface area (Å²) in [5.74, 6) is 0.402. The number of hydrogen-bond acceptors (Lipinski definition) is 5. The summed E-state index contributed by atoms with van der Waals surface area (Å²) in [5.41, 5.74) is 1.03. The third-order valence-corrected chi connectivity index (χ3v) is 5.31. The highest BCUT2D eigenvalue weighted by atomic mass is 32.2. The molecule has 0 fully saturated rings. The van der Waals surface area contributed by atoms with Gasteiger partial charge in [0.1, 0.15) is 4.83 Å². The number of benzene rings is 1. The van der Waals surface area contributed by atoms with Gasteiger partial charge in [-0.3, -0.25) is 9.59 Å². The Bertz CT molecular complexity index is 889. The molecule has 2 heterocycles. The van der Waals surface area contributed by atoms with Crippen LogP contribution in [0, 0.1) is 0 Å². The molecule has 3 rings (SSSR count). The molecule has 0 saturated carbocycles. The van der Waals surface area contributed by atoms with E-state index in [4.69, 9.17) is 0 Å². The fraction of sp³-hybridized carbons (Fsp3) is 0.235. The zero-order valence-corrected chi connectivity index (χ0v) is 14.7. The molecule has 1 atom stereocenters. The van der Waals surface area contributed by atoms with Crippen LogP contribution >= 0.6 is 23.1 Å². The molecule has 0 aliphatic carbocycles. The monoisotopic (exact) mass is 359 g/mol. The maximum atomic E-state index is 12.0. The van der Waals surface area contributed by atoms with Crippen LogP contribution in [0.5, 0.6) is 0 Å². The van der Waals surface area contributed by atoms with Crippen LogP contribution in [0.4, 0.5) is 0 Å². The predicted molar refractivity (Wildman–Crippen MR) is 98.8 cm³/mol. The molecule has 24 heavy (non-hydrogen) atoms. The minimum Gasteiger partial charge on any atom is -0.355 e. The predicted octanol–water partition coefficient (Wildman–Crippen LogP) is 3.00. The first-order valence-electron chi connectivity index (χ1n) is 7.55. The highest BCUT2D eigenvalue weighted by Gasteiger charge is 2.10. The lowest BCUT2D eigenvalue weighted by atomic mass is 10.0. The number of H-pyrrole nitrogens is 1. The standard InChI is InChI=1S/C17H17N3O2S2/c1-11(12-5-3-2-4-6-12)9-18-14(21)10-24-17-19-15(22)13-7-8-23-16(13)20-17/h2-8,11H,9-10H2,1H3,(H,18,21)(H,19,20,22)/t11-/m1/s1. The summed E-state index contributed by atoms with van der Waals surface area (Å²) in [4.78, 5) is 31.6. The summed E-state index contributed by atoms with van der Waals surface area (Å²) < 4.78 is 0. The molecule has 0 saturated heterocycles. The first-order valence-corrected chi connectivity index (χ1v) is 9.42. The number of thiophene rings is 1. The Kier molecular flexibility index (Phi) is 5.32. The van der Waals surface area contributed by atoms with Crippen LogP contribution in [-0.2, 0) is 4.79 Å². The van der Waals surface area contributed by atoms with Crippen LogP contribution in [0.15, 0.2) is 51.7 Å². The lowest BCUT2D eigenvalue weighted by Crippen LogP contribution is -2.29. The van der Waals surface area contributed by atoms with Gasteiger partial charge in [0.25, 0.3) is 5.56 Å². The molecule has 1 amide bonds. The Labute approximate surface area is 147 Å². The maximum absolute atomic E-state index is 12.0. The van der Waals surface area contributed by atoms with Crippen molar-refractivity contribution in [3.8, 4) is 0 Å². The fourth-order valence-electron chi connectivity index (χ4n) is 2.26. The molecular formula is C17H17N3O2S2. The summed E-state index contributed by atoms with van der Waals surface area (Å²) in [6, 6.07) is 11.8. The van der Waals surface area contributed by atoms with Crippen molar-refractivity contribution < 1.29 is 4.79 Å². The van der Waals surface area contributed by atoms with Crippen molar-refractivity contribution in [1.29, 1.82) is 0 Å². The van der Waals surface area contributed by atoms with E-state index in [1.54, 1.807) is 6.07 Å². The number of amides is 1. The fourth-order valence-corrected chi connectivity index (χ4v) is 3.78. The van der Waals surface area contributed by atoms with Crippen LogP contribution in [0.25, 0.3) is 10.2 Å². The van der Waals surface area contributed by atoms with Gasteiger partial charge < -0.3 is 10.3 Å². The van der Waals surface area contributed by atoms with Crippen LogP contribution in [0.3, 0.4) is 0 Å². The number of thioether (sulfide) groups is 1. The average Bonchev–Trinajstić information content (AvgIpc) is 3.08. The van der Waals surface area contributed by atoms with Gasteiger partial charge >= 0.3 is 0 Å². The summed E-state index contributed by atoms with van der Waals surface area (Å²) in [6.07, 6.45) is 0. The largest absolute Gasteiger partial charge is 0.355 e. The number of fused-ring (bicyclic) bond motifs is 1. The van der Waals surface area contributed by atoms with Gasteiger partial charge in [0.05, 0.1) is 11.1 Å². The Morgan fingerprint density at radius 1 is 1.33 bits per heavy atom. The summed E-state index contributed by atoms with van der Waals surface area (Å²) in [5, 5.41) is 5.82. The van der Waals surface area contributed by atoms with E-state index < -0.39 is 0 Å². The normalized spacial score (nSPS) is 12.2. The first kappa shape index (κ1) is 16.7. The third-order valence-electron chi connectivity index (χ3n) is 3.63. The number of rotatable bonds is 6. The Morgan fingerprint density at radius 2 is 2.12 bits per heavy atom. The number of carbonyl (C=O) groups excluding carboxylic acids is 1. The number of aromatic nitrogens is 2. The quantitative estimate of drug-likeness (QED) is 0.524. The topological polar surface area (TPSA) is 74.8 Å². The second-order valence-corrected chi connectivity index (χ2v) is 7.27. The van der Waals surface area contributed by atoms with Crippen LogP contribution in [-0.4, -0.2) is 28.2 Å². The van der Waals surface area contributed by atoms with Crippen LogP contribution in [0.2, 0.25) is 0 Å². The van der Waals surface area contributed by atoms with Crippen LogP contribution < -0.4 is 10.9 Å². The lowest BCUT2D eigenvalue weighted by Gasteiger charge is -2.12. The number of nitrogens with one attached hydrogen (secondary N) is 2. The minimum atomic E-state index is -0.165. The van der Waals surface area contributed by atoms with Crippen molar-refractivity contribution in [1.82, 2.24) is 15.3 Å². The smallest absolute Gasteiger partial charge is 0.260 e. The SMILES string of the molecule is C[C@H](CNC(=O)CSc1nc2sccc2c(=O)[nH]1)c1ccccc1. The van der Waals surface area contributed by atoms with E-state index in [1.165, 1.54) is 28.7 Å².